The van der Waals surface area contributed by atoms with Crippen molar-refractivity contribution in [2.24, 2.45) is 0 Å². The van der Waals surface area contributed by atoms with Crippen molar-refractivity contribution < 1.29 is 4.74 Å². The minimum Gasteiger partial charge on any atom is -0.494 e. The van der Waals surface area contributed by atoms with Crippen molar-refractivity contribution >= 4 is 45.7 Å². The second-order valence-corrected chi connectivity index (χ2v) is 9.62. The molecule has 4 rings (SSSR count). The number of nitrogens with zero attached hydrogens (tertiary/aromatic N) is 4. The number of ether oxygens (including phenoxy) is 1. The van der Waals surface area contributed by atoms with Gasteiger partial charge < -0.3 is 4.74 Å². The molecule has 32 heavy (non-hydrogen) atoms. The highest BCUT2D eigenvalue weighted by molar-refractivity contribution is 7.99. The molecule has 162 valence electrons. The summed E-state index contributed by atoms with van der Waals surface area (Å²) in [7, 11) is 0. The number of nitriles is 1. The Morgan fingerprint density at radius 3 is 2.50 bits per heavy atom. The lowest BCUT2D eigenvalue weighted by Gasteiger charge is -2.13. The smallest absolute Gasteiger partial charge is 0.278 e. The van der Waals surface area contributed by atoms with Gasteiger partial charge in [-0.1, -0.05) is 29.2 Å². The Labute approximate surface area is 198 Å². The first-order valence-corrected chi connectivity index (χ1v) is 12.1. The summed E-state index contributed by atoms with van der Waals surface area (Å²) >= 11 is 8.09. The maximum Gasteiger partial charge on any atom is 0.278 e. The van der Waals surface area contributed by atoms with Gasteiger partial charge in [0.2, 0.25) is 0 Å². The van der Waals surface area contributed by atoms with Crippen LogP contribution in [0.1, 0.15) is 18.1 Å². The standard InChI is InChI=1S/C23H20N4O2S3/c1-4-29-18-9-7-16(8-10-18)27-21(28)19-20(25-22(27)31-12-11-24)26(23(30)32-19)17-6-5-14(2)15(3)13-17/h5-10,13H,4,12H2,1-3H3. The van der Waals surface area contributed by atoms with E-state index in [2.05, 4.69) is 13.0 Å². The van der Waals surface area contributed by atoms with Crippen molar-refractivity contribution in [1.82, 2.24) is 14.1 Å². The summed E-state index contributed by atoms with van der Waals surface area (Å²) in [5.74, 6) is 0.893. The van der Waals surface area contributed by atoms with E-state index in [1.807, 2.05) is 60.9 Å². The molecule has 0 saturated heterocycles. The van der Waals surface area contributed by atoms with Gasteiger partial charge >= 0.3 is 0 Å². The molecule has 0 N–H and O–H groups in total. The van der Waals surface area contributed by atoms with Gasteiger partial charge in [0, 0.05) is 5.69 Å². The molecule has 0 unspecified atom stereocenters. The lowest BCUT2D eigenvalue weighted by Crippen LogP contribution is -2.21. The molecule has 0 radical (unpaired) electrons. The Morgan fingerprint density at radius 2 is 1.84 bits per heavy atom. The number of hydrogen-bond acceptors (Lipinski definition) is 7. The fourth-order valence-corrected chi connectivity index (χ4v) is 5.28. The van der Waals surface area contributed by atoms with Crippen LogP contribution in [0.25, 0.3) is 21.7 Å². The highest BCUT2D eigenvalue weighted by atomic mass is 32.2. The van der Waals surface area contributed by atoms with Gasteiger partial charge in [0.1, 0.15) is 10.4 Å². The molecule has 2 aromatic heterocycles. The van der Waals surface area contributed by atoms with Gasteiger partial charge in [0.25, 0.3) is 5.56 Å². The van der Waals surface area contributed by atoms with Crippen LogP contribution in [0.2, 0.25) is 0 Å². The van der Waals surface area contributed by atoms with E-state index in [0.29, 0.717) is 31.8 Å². The third-order valence-corrected chi connectivity index (χ3v) is 7.15. The Balaban J connectivity index is 1.97. The second-order valence-electron chi connectivity index (χ2n) is 7.03. The molecule has 4 aromatic rings. The van der Waals surface area contributed by atoms with Gasteiger partial charge in [-0.2, -0.15) is 5.26 Å². The molecule has 0 aliphatic carbocycles. The monoisotopic (exact) mass is 480 g/mol. The molecular formula is C23H20N4O2S3. The van der Waals surface area contributed by atoms with Crippen molar-refractivity contribution in [2.45, 2.75) is 25.9 Å². The lowest BCUT2D eigenvalue weighted by atomic mass is 10.1. The summed E-state index contributed by atoms with van der Waals surface area (Å²) in [5.41, 5.74) is 4.13. The van der Waals surface area contributed by atoms with Gasteiger partial charge in [-0.3, -0.25) is 13.9 Å². The van der Waals surface area contributed by atoms with Crippen LogP contribution in [-0.4, -0.2) is 26.5 Å². The van der Waals surface area contributed by atoms with Gasteiger partial charge in [-0.15, -0.1) is 0 Å². The lowest BCUT2D eigenvalue weighted by molar-refractivity contribution is 0.340. The highest BCUT2D eigenvalue weighted by Gasteiger charge is 2.19. The van der Waals surface area contributed by atoms with E-state index >= 15 is 0 Å². The second kappa shape index (κ2) is 9.28. The predicted octanol–water partition coefficient (Wildman–Crippen LogP) is 5.60. The summed E-state index contributed by atoms with van der Waals surface area (Å²) in [4.78, 5) is 18.4. The van der Waals surface area contributed by atoms with Crippen LogP contribution in [0.4, 0.5) is 0 Å². The van der Waals surface area contributed by atoms with E-state index in [1.54, 1.807) is 0 Å². The number of benzene rings is 2. The van der Waals surface area contributed by atoms with Crippen LogP contribution >= 0.6 is 35.3 Å². The summed E-state index contributed by atoms with van der Waals surface area (Å²) in [6.07, 6.45) is 0. The van der Waals surface area contributed by atoms with Crippen molar-refractivity contribution in [3.05, 3.63) is 67.9 Å². The summed E-state index contributed by atoms with van der Waals surface area (Å²) in [6.45, 7) is 6.57. The maximum atomic E-state index is 13.6. The van der Waals surface area contributed by atoms with E-state index in [0.717, 1.165) is 17.0 Å². The van der Waals surface area contributed by atoms with Crippen LogP contribution in [0.3, 0.4) is 0 Å². The van der Waals surface area contributed by atoms with E-state index in [-0.39, 0.29) is 11.3 Å². The molecule has 0 spiro atoms. The van der Waals surface area contributed by atoms with Crippen molar-refractivity contribution in [1.29, 1.82) is 5.26 Å². The Bertz CT molecular complexity index is 1460. The topological polar surface area (TPSA) is 72.8 Å². The first-order valence-electron chi connectivity index (χ1n) is 9.93. The van der Waals surface area contributed by atoms with Gasteiger partial charge in [-0.25, -0.2) is 4.98 Å². The molecule has 0 saturated carbocycles. The van der Waals surface area contributed by atoms with Crippen molar-refractivity contribution in [3.63, 3.8) is 0 Å². The molecule has 2 heterocycles. The average molecular weight is 481 g/mol. The Morgan fingerprint density at radius 1 is 1.12 bits per heavy atom. The summed E-state index contributed by atoms with van der Waals surface area (Å²) in [6, 6.07) is 15.4. The molecule has 0 aliphatic heterocycles. The third-order valence-electron chi connectivity index (χ3n) is 5.00. The van der Waals surface area contributed by atoms with Gasteiger partial charge in [0.15, 0.2) is 14.8 Å². The zero-order valence-corrected chi connectivity index (χ0v) is 20.2. The quantitative estimate of drug-likeness (QED) is 0.203. The molecular weight excluding hydrogens is 460 g/mol. The van der Waals surface area contributed by atoms with Crippen LogP contribution in [-0.2, 0) is 0 Å². The molecule has 0 aliphatic rings. The van der Waals surface area contributed by atoms with Crippen LogP contribution < -0.4 is 10.3 Å². The minimum absolute atomic E-state index is 0.170. The number of thiazole rings is 1. The molecule has 0 amide bonds. The van der Waals surface area contributed by atoms with Crippen LogP contribution in [0.15, 0.2) is 52.4 Å². The summed E-state index contributed by atoms with van der Waals surface area (Å²) < 4.78 is 9.91. The fraction of sp³-hybridized carbons (Fsp3) is 0.217. The third kappa shape index (κ3) is 4.09. The first-order chi connectivity index (χ1) is 15.4. The van der Waals surface area contributed by atoms with E-state index in [9.17, 15) is 4.79 Å². The van der Waals surface area contributed by atoms with Crippen LogP contribution in [0, 0.1) is 29.1 Å². The zero-order chi connectivity index (χ0) is 22.8. The van der Waals surface area contributed by atoms with Crippen molar-refractivity contribution in [2.75, 3.05) is 12.4 Å². The highest BCUT2D eigenvalue weighted by Crippen LogP contribution is 2.28. The Hall–Kier alpha value is -2.93. The number of aryl methyl sites for hydroxylation is 2. The van der Waals surface area contributed by atoms with Gasteiger partial charge in [0.05, 0.1) is 24.1 Å². The van der Waals surface area contributed by atoms with Crippen molar-refractivity contribution in [3.8, 4) is 23.2 Å². The first kappa shape index (κ1) is 22.3. The number of thioether (sulfide) groups is 1. The molecule has 0 atom stereocenters. The molecule has 6 nitrogen and oxygen atoms in total. The fourth-order valence-electron chi connectivity index (χ4n) is 3.31. The number of rotatable bonds is 6. The molecule has 0 bridgehead atoms. The predicted molar refractivity (Wildman–Crippen MR) is 132 cm³/mol. The molecule has 0 fully saturated rings. The van der Waals surface area contributed by atoms with E-state index in [1.165, 1.54) is 33.2 Å². The molecule has 2 aromatic carbocycles. The number of aromatic nitrogens is 3. The van der Waals surface area contributed by atoms with Gasteiger partial charge in [-0.05, 0) is 80.5 Å². The summed E-state index contributed by atoms with van der Waals surface area (Å²) in [5, 5.41) is 9.58. The maximum absolute atomic E-state index is 13.6. The largest absolute Gasteiger partial charge is 0.494 e. The normalized spacial score (nSPS) is 10.9. The van der Waals surface area contributed by atoms with E-state index < -0.39 is 0 Å². The SMILES string of the molecule is CCOc1ccc(-n2c(SCC#N)nc3c(sc(=S)n3-c3ccc(C)c(C)c3)c2=O)cc1. The van der Waals surface area contributed by atoms with E-state index in [4.69, 9.17) is 27.2 Å². The van der Waals surface area contributed by atoms with Crippen LogP contribution in [0.5, 0.6) is 5.75 Å². The number of fused-ring (bicyclic) bond motifs is 1. The zero-order valence-electron chi connectivity index (χ0n) is 17.8. The number of hydrogen-bond donors (Lipinski definition) is 0. The Kier molecular flexibility index (Phi) is 6.46. The average Bonchev–Trinajstić information content (AvgIpc) is 3.11. The minimum atomic E-state index is -0.210. The molecule has 9 heteroatoms.